The van der Waals surface area contributed by atoms with Crippen molar-refractivity contribution in [3.05, 3.63) is 60.2 Å². The minimum Gasteiger partial charge on any atom is -0.368 e. The van der Waals surface area contributed by atoms with E-state index in [2.05, 4.69) is 9.97 Å². The van der Waals surface area contributed by atoms with Crippen molar-refractivity contribution in [1.82, 2.24) is 14.9 Å². The van der Waals surface area contributed by atoms with Gasteiger partial charge in [0.1, 0.15) is 6.33 Å². The highest BCUT2D eigenvalue weighted by molar-refractivity contribution is 5.87. The average Bonchev–Trinajstić information content (AvgIpc) is 2.54. The molecule has 1 aromatic heterocycles. The van der Waals surface area contributed by atoms with E-state index in [1.54, 1.807) is 19.3 Å². The minimum absolute atomic E-state index is 0.119. The fourth-order valence-electron chi connectivity index (χ4n) is 2.15. The third-order valence-corrected chi connectivity index (χ3v) is 3.33. The Morgan fingerprint density at radius 3 is 2.41 bits per heavy atom. The molecule has 0 spiro atoms. The van der Waals surface area contributed by atoms with Crippen molar-refractivity contribution in [2.24, 2.45) is 5.73 Å². The first-order valence-electron chi connectivity index (χ1n) is 6.94. The summed E-state index contributed by atoms with van der Waals surface area (Å²) >= 11 is 0. The maximum absolute atomic E-state index is 12.6. The monoisotopic (exact) mass is 298 g/mol. The quantitative estimate of drug-likeness (QED) is 0.864. The summed E-state index contributed by atoms with van der Waals surface area (Å²) in [7, 11) is 0. The Labute approximate surface area is 129 Å². The van der Waals surface area contributed by atoms with Gasteiger partial charge >= 0.3 is 0 Å². The second kappa shape index (κ2) is 7.31. The molecule has 0 aliphatic carbocycles. The zero-order valence-electron chi connectivity index (χ0n) is 12.3. The second-order valence-electron chi connectivity index (χ2n) is 5.04. The Morgan fingerprint density at radius 1 is 1.18 bits per heavy atom. The van der Waals surface area contributed by atoms with Crippen molar-refractivity contribution in [1.29, 1.82) is 0 Å². The maximum Gasteiger partial charge on any atom is 0.237 e. The van der Waals surface area contributed by atoms with Crippen molar-refractivity contribution in [3.8, 4) is 0 Å². The van der Waals surface area contributed by atoms with E-state index < -0.39 is 11.8 Å². The largest absolute Gasteiger partial charge is 0.368 e. The van der Waals surface area contributed by atoms with E-state index in [0.717, 1.165) is 5.56 Å². The molecule has 0 aliphatic heterocycles. The van der Waals surface area contributed by atoms with Crippen LogP contribution in [0.2, 0.25) is 0 Å². The van der Waals surface area contributed by atoms with Crippen LogP contribution in [0.25, 0.3) is 0 Å². The fourth-order valence-corrected chi connectivity index (χ4v) is 2.15. The van der Waals surface area contributed by atoms with Crippen LogP contribution in [0.15, 0.2) is 49.1 Å². The maximum atomic E-state index is 12.6. The molecule has 0 radical (unpaired) electrons. The number of nitrogens with two attached hydrogens (primary N) is 1. The van der Waals surface area contributed by atoms with Crippen LogP contribution in [0.5, 0.6) is 0 Å². The van der Waals surface area contributed by atoms with E-state index in [0.29, 0.717) is 12.1 Å². The molecule has 0 saturated heterocycles. The molecule has 2 rings (SSSR count). The highest BCUT2D eigenvalue weighted by Crippen LogP contribution is 2.17. The van der Waals surface area contributed by atoms with E-state index in [4.69, 9.17) is 5.73 Å². The molecular formula is C16H18N4O2. The summed E-state index contributed by atoms with van der Waals surface area (Å²) in [6.07, 6.45) is 4.60. The number of benzene rings is 1. The van der Waals surface area contributed by atoms with Crippen molar-refractivity contribution in [2.75, 3.05) is 6.54 Å². The van der Waals surface area contributed by atoms with Gasteiger partial charge in [0.05, 0.1) is 12.5 Å². The molecule has 1 aromatic carbocycles. The Hall–Kier alpha value is -2.76. The molecule has 6 nitrogen and oxygen atoms in total. The van der Waals surface area contributed by atoms with Crippen molar-refractivity contribution >= 4 is 11.8 Å². The molecule has 2 amide bonds. The van der Waals surface area contributed by atoms with Crippen molar-refractivity contribution < 1.29 is 9.59 Å². The van der Waals surface area contributed by atoms with Gasteiger partial charge in [-0.2, -0.15) is 0 Å². The second-order valence-corrected chi connectivity index (χ2v) is 5.04. The lowest BCUT2D eigenvalue weighted by molar-refractivity contribution is -0.136. The van der Waals surface area contributed by atoms with Gasteiger partial charge in [-0.3, -0.25) is 9.59 Å². The van der Waals surface area contributed by atoms with Gasteiger partial charge in [-0.05, 0) is 12.5 Å². The zero-order chi connectivity index (χ0) is 15.9. The van der Waals surface area contributed by atoms with Gasteiger partial charge in [0.15, 0.2) is 0 Å². The minimum atomic E-state index is -0.541. The van der Waals surface area contributed by atoms with E-state index in [1.807, 2.05) is 30.3 Å². The van der Waals surface area contributed by atoms with Crippen LogP contribution in [0.4, 0.5) is 0 Å². The summed E-state index contributed by atoms with van der Waals surface area (Å²) in [6, 6.07) is 9.47. The molecule has 0 fully saturated rings. The fraction of sp³-hybridized carbons (Fsp3) is 0.250. The van der Waals surface area contributed by atoms with Gasteiger partial charge in [-0.25, -0.2) is 9.97 Å². The Bertz CT molecular complexity index is 631. The number of rotatable bonds is 6. The Morgan fingerprint density at radius 2 is 1.82 bits per heavy atom. The average molecular weight is 298 g/mol. The van der Waals surface area contributed by atoms with E-state index in [1.165, 1.54) is 11.2 Å². The van der Waals surface area contributed by atoms with Crippen LogP contribution in [0, 0.1) is 0 Å². The molecule has 0 unspecified atom stereocenters. The van der Waals surface area contributed by atoms with E-state index in [-0.39, 0.29) is 12.5 Å². The standard InChI is InChI=1S/C16H18N4O2/c1-12(14-7-18-11-19-8-14)16(22)20(10-15(17)21)9-13-5-3-2-4-6-13/h2-8,11-12H,9-10H2,1H3,(H2,17,21)/t12-/m1/s1. The number of nitrogens with zero attached hydrogens (tertiary/aromatic N) is 3. The number of carbonyl (C=O) groups excluding carboxylic acids is 2. The number of hydrogen-bond donors (Lipinski definition) is 1. The number of aromatic nitrogens is 2. The first-order valence-corrected chi connectivity index (χ1v) is 6.94. The van der Waals surface area contributed by atoms with Gasteiger partial charge in [-0.1, -0.05) is 30.3 Å². The van der Waals surface area contributed by atoms with Crippen LogP contribution in [-0.4, -0.2) is 33.2 Å². The molecule has 22 heavy (non-hydrogen) atoms. The first kappa shape index (κ1) is 15.6. The van der Waals surface area contributed by atoms with Gasteiger partial charge in [0.2, 0.25) is 11.8 Å². The number of amides is 2. The topological polar surface area (TPSA) is 89.2 Å². The van der Waals surface area contributed by atoms with Crippen molar-refractivity contribution in [3.63, 3.8) is 0 Å². The first-order chi connectivity index (χ1) is 10.6. The normalized spacial score (nSPS) is 11.7. The number of carbonyl (C=O) groups is 2. The molecule has 2 N–H and O–H groups in total. The summed E-state index contributed by atoms with van der Waals surface area (Å²) in [5, 5.41) is 0. The molecule has 1 heterocycles. The van der Waals surface area contributed by atoms with E-state index in [9.17, 15) is 9.59 Å². The number of primary amides is 1. The Balaban J connectivity index is 2.17. The molecule has 2 aromatic rings. The van der Waals surface area contributed by atoms with Gasteiger partial charge < -0.3 is 10.6 Å². The van der Waals surface area contributed by atoms with Gasteiger partial charge in [-0.15, -0.1) is 0 Å². The predicted octanol–water partition coefficient (Wildman–Crippen LogP) is 1.09. The SMILES string of the molecule is C[C@@H](C(=O)N(CC(N)=O)Cc1ccccc1)c1cncnc1. The summed E-state index contributed by atoms with van der Waals surface area (Å²) in [5.41, 5.74) is 6.91. The van der Waals surface area contributed by atoms with Crippen molar-refractivity contribution in [2.45, 2.75) is 19.4 Å². The third kappa shape index (κ3) is 4.12. The predicted molar refractivity (Wildman–Crippen MR) is 81.5 cm³/mol. The highest BCUT2D eigenvalue weighted by Gasteiger charge is 2.23. The zero-order valence-corrected chi connectivity index (χ0v) is 12.3. The molecular weight excluding hydrogens is 280 g/mol. The molecule has 1 atom stereocenters. The summed E-state index contributed by atoms with van der Waals surface area (Å²) in [6.45, 7) is 1.98. The van der Waals surface area contributed by atoms with Gasteiger partial charge in [0.25, 0.3) is 0 Å². The molecule has 6 heteroatoms. The van der Waals surface area contributed by atoms with Crippen LogP contribution in [0.1, 0.15) is 24.0 Å². The number of hydrogen-bond acceptors (Lipinski definition) is 4. The summed E-state index contributed by atoms with van der Waals surface area (Å²) in [4.78, 5) is 33.2. The van der Waals surface area contributed by atoms with Crippen LogP contribution in [0.3, 0.4) is 0 Å². The third-order valence-electron chi connectivity index (χ3n) is 3.33. The van der Waals surface area contributed by atoms with Crippen LogP contribution in [-0.2, 0) is 16.1 Å². The lowest BCUT2D eigenvalue weighted by atomic mass is 10.0. The molecule has 0 bridgehead atoms. The highest BCUT2D eigenvalue weighted by atomic mass is 16.2. The lowest BCUT2D eigenvalue weighted by Gasteiger charge is -2.24. The summed E-state index contributed by atoms with van der Waals surface area (Å²) in [5.74, 6) is -1.16. The smallest absolute Gasteiger partial charge is 0.237 e. The lowest BCUT2D eigenvalue weighted by Crippen LogP contribution is -2.40. The molecule has 114 valence electrons. The Kier molecular flexibility index (Phi) is 5.19. The molecule has 0 saturated carbocycles. The van der Waals surface area contributed by atoms with E-state index >= 15 is 0 Å². The molecule has 0 aliphatic rings. The summed E-state index contributed by atoms with van der Waals surface area (Å²) < 4.78 is 0. The van der Waals surface area contributed by atoms with Gasteiger partial charge in [0, 0.05) is 24.5 Å². The van der Waals surface area contributed by atoms with Crippen LogP contribution >= 0.6 is 0 Å². The van der Waals surface area contributed by atoms with Crippen LogP contribution < -0.4 is 5.73 Å².